The molecule has 0 aromatic rings. The molecule has 0 radical (unpaired) electrons. The zero-order valence-electron chi connectivity index (χ0n) is 48.1. The van der Waals surface area contributed by atoms with Crippen LogP contribution in [0, 0.1) is 0 Å². The van der Waals surface area contributed by atoms with Crippen LogP contribution in [0.1, 0.15) is 206 Å². The molecule has 0 aliphatic heterocycles. The lowest BCUT2D eigenvalue weighted by Crippen LogP contribution is -2.44. The number of allylic oxidation sites excluding steroid dienone is 22. The van der Waals surface area contributed by atoms with E-state index in [1.54, 1.807) is 0 Å². The largest absolute Gasteiger partial charge is 0.545 e. The summed E-state index contributed by atoms with van der Waals surface area (Å²) in [6.07, 6.45) is 76.5. The van der Waals surface area contributed by atoms with Gasteiger partial charge in [-0.05, 0) is 109 Å². The van der Waals surface area contributed by atoms with Crippen LogP contribution in [0.2, 0.25) is 0 Å². The van der Waals surface area contributed by atoms with Crippen molar-refractivity contribution in [1.82, 2.24) is 0 Å². The molecule has 9 heteroatoms. The summed E-state index contributed by atoms with van der Waals surface area (Å²) in [5, 5.41) is 11.8. The van der Waals surface area contributed by atoms with Crippen LogP contribution < -0.4 is 5.11 Å². The maximum absolute atomic E-state index is 12.8. The van der Waals surface area contributed by atoms with Crippen LogP contribution in [0.5, 0.6) is 0 Å². The summed E-state index contributed by atoms with van der Waals surface area (Å²) >= 11 is 0. The van der Waals surface area contributed by atoms with Gasteiger partial charge in [-0.25, -0.2) is 0 Å². The van der Waals surface area contributed by atoms with E-state index >= 15 is 0 Å². The number of aliphatic carboxylic acids is 1. The van der Waals surface area contributed by atoms with E-state index in [2.05, 4.69) is 148 Å². The van der Waals surface area contributed by atoms with E-state index in [0.717, 1.165) is 128 Å². The minimum absolute atomic E-state index is 0.137. The molecule has 9 nitrogen and oxygen atoms in total. The Morgan fingerprint density at radius 1 is 0.413 bits per heavy atom. The van der Waals surface area contributed by atoms with Crippen molar-refractivity contribution < 1.29 is 42.9 Å². The fourth-order valence-corrected chi connectivity index (χ4v) is 7.39. The fourth-order valence-electron chi connectivity index (χ4n) is 7.39. The zero-order chi connectivity index (χ0) is 54.8. The number of quaternary nitrogens is 1. The molecule has 0 spiro atoms. The lowest BCUT2D eigenvalue weighted by Gasteiger charge is -2.26. The Hall–Kier alpha value is -4.57. The number of hydrogen-bond acceptors (Lipinski definition) is 8. The molecule has 75 heavy (non-hydrogen) atoms. The number of unbranched alkanes of at least 4 members (excludes halogenated alkanes) is 15. The zero-order valence-corrected chi connectivity index (χ0v) is 48.1. The van der Waals surface area contributed by atoms with Crippen molar-refractivity contribution in [2.45, 2.75) is 219 Å². The van der Waals surface area contributed by atoms with Gasteiger partial charge in [0.1, 0.15) is 13.2 Å². The molecule has 0 fully saturated rings. The summed E-state index contributed by atoms with van der Waals surface area (Å²) in [5.74, 6) is -2.33. The summed E-state index contributed by atoms with van der Waals surface area (Å²) in [4.78, 5) is 37.2. The summed E-state index contributed by atoms with van der Waals surface area (Å²) in [5.41, 5.74) is 0. The summed E-state index contributed by atoms with van der Waals surface area (Å²) in [7, 11) is 5.90. The number of ether oxygens (including phenoxy) is 4. The predicted molar refractivity (Wildman–Crippen MR) is 315 cm³/mol. The van der Waals surface area contributed by atoms with E-state index in [1.807, 2.05) is 21.1 Å². The smallest absolute Gasteiger partial charge is 0.306 e. The van der Waals surface area contributed by atoms with Crippen molar-refractivity contribution in [3.63, 3.8) is 0 Å². The maximum Gasteiger partial charge on any atom is 0.306 e. The number of nitrogens with zero attached hydrogens (tertiary/aromatic N) is 1. The Kier molecular flexibility index (Phi) is 52.3. The quantitative estimate of drug-likeness (QED) is 0.0195. The van der Waals surface area contributed by atoms with E-state index in [9.17, 15) is 19.5 Å². The minimum Gasteiger partial charge on any atom is -0.545 e. The molecule has 0 heterocycles. The number of carbonyl (C=O) groups excluding carboxylic acids is 3. The SMILES string of the molecule is CC/C=C\C/C=C\C/C=C\C/C=C\C/C=C\C/C=C\C/C=C\C/C=C\C/C=C\CCCCCCCCCCCC(=O)OC(COC(=O)CCCCCCC/C=C\C/C=C\CCC)COC(OCC[N+](C)(C)C)C(=O)[O-]. The highest BCUT2D eigenvalue weighted by molar-refractivity contribution is 5.70. The number of carboxylic acid groups (broad SMARTS) is 1. The molecule has 0 amide bonds. The van der Waals surface area contributed by atoms with Crippen molar-refractivity contribution in [3.8, 4) is 0 Å². The van der Waals surface area contributed by atoms with Gasteiger partial charge in [-0.3, -0.25) is 9.59 Å². The van der Waals surface area contributed by atoms with Crippen molar-refractivity contribution in [1.29, 1.82) is 0 Å². The molecular formula is C66H107NO8. The van der Waals surface area contributed by atoms with Crippen LogP contribution in [-0.4, -0.2) is 82.3 Å². The molecule has 0 rings (SSSR count). The number of esters is 2. The first kappa shape index (κ1) is 70.4. The van der Waals surface area contributed by atoms with E-state index < -0.39 is 24.3 Å². The molecule has 0 N–H and O–H groups in total. The molecule has 0 saturated heterocycles. The summed E-state index contributed by atoms with van der Waals surface area (Å²) in [6, 6.07) is 0. The maximum atomic E-state index is 12.8. The van der Waals surface area contributed by atoms with Gasteiger partial charge in [0.2, 0.25) is 0 Å². The number of carbonyl (C=O) groups is 3. The Morgan fingerprint density at radius 3 is 1.13 bits per heavy atom. The van der Waals surface area contributed by atoms with Crippen LogP contribution in [-0.2, 0) is 33.3 Å². The van der Waals surface area contributed by atoms with Gasteiger partial charge in [0.05, 0.1) is 40.3 Å². The minimum atomic E-state index is -1.63. The molecule has 424 valence electrons. The van der Waals surface area contributed by atoms with Crippen molar-refractivity contribution >= 4 is 17.9 Å². The van der Waals surface area contributed by atoms with Crippen molar-refractivity contribution in [2.24, 2.45) is 0 Å². The molecule has 0 aromatic carbocycles. The van der Waals surface area contributed by atoms with E-state index in [0.29, 0.717) is 23.9 Å². The number of rotatable bonds is 52. The van der Waals surface area contributed by atoms with Gasteiger partial charge in [-0.1, -0.05) is 218 Å². The highest BCUT2D eigenvalue weighted by Gasteiger charge is 2.22. The van der Waals surface area contributed by atoms with E-state index in [-0.39, 0.29) is 38.6 Å². The second-order valence-electron chi connectivity index (χ2n) is 20.2. The van der Waals surface area contributed by atoms with Gasteiger partial charge in [0.25, 0.3) is 0 Å². The first-order chi connectivity index (χ1) is 36.6. The predicted octanol–water partition coefficient (Wildman–Crippen LogP) is 16.1. The highest BCUT2D eigenvalue weighted by atomic mass is 16.7. The Bertz CT molecular complexity index is 1690. The average molecular weight is 1040 g/mol. The summed E-state index contributed by atoms with van der Waals surface area (Å²) in [6.45, 7) is 4.52. The van der Waals surface area contributed by atoms with Gasteiger partial charge < -0.3 is 33.3 Å². The Labute approximate surface area is 459 Å². The van der Waals surface area contributed by atoms with Crippen LogP contribution in [0.15, 0.2) is 134 Å². The van der Waals surface area contributed by atoms with E-state index in [1.165, 1.54) is 38.5 Å². The van der Waals surface area contributed by atoms with Gasteiger partial charge in [-0.15, -0.1) is 0 Å². The van der Waals surface area contributed by atoms with Gasteiger partial charge >= 0.3 is 11.9 Å². The number of likely N-dealkylation sites (N-methyl/N-ethyl adjacent to an activating group) is 1. The molecule has 0 aromatic heterocycles. The monoisotopic (exact) mass is 1040 g/mol. The normalized spacial score (nSPS) is 13.8. The Balaban J connectivity index is 4.19. The molecular weight excluding hydrogens is 935 g/mol. The number of carboxylic acids is 1. The molecule has 2 atom stereocenters. The standard InChI is InChI=1S/C66H107NO8/c1-6-8-10-12-14-16-18-20-21-22-23-24-25-26-27-28-29-30-31-32-33-34-35-36-37-38-39-40-41-42-43-45-47-49-51-53-55-57-64(69)75-62(61-74-66(65(70)71)72-59-58-67(3,4)5)60-73-63(68)56-54-52-50-48-46-44-19-17-15-13-11-9-7-2/h8,10-11,13-14,16-17,19-21,23-24,26-27,29-30,32-33,35-36,38-39,62,66H,6-7,9,12,15,18,22,25,28,31,34,37,40-61H2,1-5H3/b10-8-,13-11-,16-14-,19-17-,21-20-,24-23-,27-26-,30-29-,33-32-,36-35-,39-38-. The fraction of sp³-hybridized carbons (Fsp3) is 0.621. The van der Waals surface area contributed by atoms with E-state index in [4.69, 9.17) is 18.9 Å². The summed E-state index contributed by atoms with van der Waals surface area (Å²) < 4.78 is 22.6. The van der Waals surface area contributed by atoms with Gasteiger partial charge in [0, 0.05) is 12.8 Å². The van der Waals surface area contributed by atoms with Gasteiger partial charge in [0.15, 0.2) is 12.4 Å². The third-order valence-electron chi connectivity index (χ3n) is 11.9. The van der Waals surface area contributed by atoms with Crippen LogP contribution >= 0.6 is 0 Å². The molecule has 2 unspecified atom stereocenters. The van der Waals surface area contributed by atoms with Crippen molar-refractivity contribution in [3.05, 3.63) is 134 Å². The topological polar surface area (TPSA) is 111 Å². The first-order valence-electron chi connectivity index (χ1n) is 29.3. The Morgan fingerprint density at radius 2 is 0.760 bits per heavy atom. The van der Waals surface area contributed by atoms with Crippen LogP contribution in [0.3, 0.4) is 0 Å². The van der Waals surface area contributed by atoms with Crippen LogP contribution in [0.4, 0.5) is 0 Å². The third-order valence-corrected chi connectivity index (χ3v) is 11.9. The third kappa shape index (κ3) is 57.0. The second-order valence-corrected chi connectivity index (χ2v) is 20.2. The molecule has 0 saturated carbocycles. The lowest BCUT2D eigenvalue weighted by atomic mass is 10.1. The second kappa shape index (κ2) is 55.7. The first-order valence-corrected chi connectivity index (χ1v) is 29.3. The number of hydrogen-bond donors (Lipinski definition) is 0. The van der Waals surface area contributed by atoms with Gasteiger partial charge in [-0.2, -0.15) is 0 Å². The molecule has 0 bridgehead atoms. The average Bonchev–Trinajstić information content (AvgIpc) is 3.38. The highest BCUT2D eigenvalue weighted by Crippen LogP contribution is 2.14. The van der Waals surface area contributed by atoms with Crippen LogP contribution in [0.25, 0.3) is 0 Å². The molecule has 0 aliphatic rings. The lowest BCUT2D eigenvalue weighted by molar-refractivity contribution is -0.870. The molecule has 0 aliphatic carbocycles. The van der Waals surface area contributed by atoms with Crippen molar-refractivity contribution in [2.75, 3.05) is 47.5 Å².